The summed E-state index contributed by atoms with van der Waals surface area (Å²) in [5.74, 6) is -0.921. The molecule has 0 unspecified atom stereocenters. The van der Waals surface area contributed by atoms with Crippen molar-refractivity contribution in [1.82, 2.24) is 4.98 Å². The van der Waals surface area contributed by atoms with Gasteiger partial charge in [-0.3, -0.25) is 4.79 Å². The molecule has 4 rings (SSSR count). The first-order valence-electron chi connectivity index (χ1n) is 8.00. The van der Waals surface area contributed by atoms with E-state index < -0.39 is 18.4 Å². The average Bonchev–Trinajstić information content (AvgIpc) is 3.33. The number of fused-ring (bicyclic) bond motifs is 1. The van der Waals surface area contributed by atoms with E-state index in [1.165, 1.54) is 11.3 Å². The lowest BCUT2D eigenvalue weighted by Gasteiger charge is -2.00. The SMILES string of the molecule is O=C(OCC(=O)c1cc2ccccc2o1)c1csc(-c2cccc(Cl)c2)n1. The van der Waals surface area contributed by atoms with Crippen LogP contribution < -0.4 is 0 Å². The summed E-state index contributed by atoms with van der Waals surface area (Å²) in [7, 11) is 0. The summed E-state index contributed by atoms with van der Waals surface area (Å²) in [6.07, 6.45) is 0. The van der Waals surface area contributed by atoms with Crippen LogP contribution in [0.1, 0.15) is 21.0 Å². The molecule has 0 atom stereocenters. The molecular weight excluding hydrogens is 386 g/mol. The standard InChI is InChI=1S/C20H12ClNO4S/c21-14-6-3-5-13(8-14)19-22-15(11-27-19)20(24)25-10-16(23)18-9-12-4-1-2-7-17(12)26-18/h1-9,11H,10H2. The van der Waals surface area contributed by atoms with Crippen LogP contribution in [-0.4, -0.2) is 23.3 Å². The molecule has 0 amide bonds. The van der Waals surface area contributed by atoms with Crippen molar-refractivity contribution in [2.75, 3.05) is 6.61 Å². The highest BCUT2D eigenvalue weighted by Crippen LogP contribution is 2.26. The number of esters is 1. The van der Waals surface area contributed by atoms with E-state index in [1.807, 2.05) is 30.3 Å². The minimum absolute atomic E-state index is 0.146. The first-order chi connectivity index (χ1) is 13.1. The fraction of sp³-hybridized carbons (Fsp3) is 0.0500. The summed E-state index contributed by atoms with van der Waals surface area (Å²) < 4.78 is 10.6. The molecule has 0 aliphatic heterocycles. The van der Waals surface area contributed by atoms with Gasteiger partial charge in [-0.15, -0.1) is 11.3 Å². The zero-order chi connectivity index (χ0) is 18.8. The number of para-hydroxylation sites is 1. The van der Waals surface area contributed by atoms with Crippen LogP contribution in [0.4, 0.5) is 0 Å². The summed E-state index contributed by atoms with van der Waals surface area (Å²) in [5, 5.41) is 3.64. The van der Waals surface area contributed by atoms with Gasteiger partial charge < -0.3 is 9.15 Å². The number of nitrogens with zero attached hydrogens (tertiary/aromatic N) is 1. The molecule has 2 aromatic heterocycles. The molecule has 0 N–H and O–H groups in total. The fourth-order valence-corrected chi connectivity index (χ4v) is 3.49. The van der Waals surface area contributed by atoms with E-state index >= 15 is 0 Å². The van der Waals surface area contributed by atoms with E-state index in [1.54, 1.807) is 29.6 Å². The Morgan fingerprint density at radius 2 is 1.96 bits per heavy atom. The Kier molecular flexibility index (Phi) is 4.75. The Balaban J connectivity index is 1.43. The highest BCUT2D eigenvalue weighted by Gasteiger charge is 2.18. The number of carbonyl (C=O) groups is 2. The number of Topliss-reactive ketones (excluding diaryl/α,β-unsaturated/α-hetero) is 1. The lowest BCUT2D eigenvalue weighted by atomic mass is 10.2. The molecule has 5 nitrogen and oxygen atoms in total. The maximum Gasteiger partial charge on any atom is 0.358 e. The minimum Gasteiger partial charge on any atom is -0.453 e. The van der Waals surface area contributed by atoms with Crippen molar-refractivity contribution in [3.05, 3.63) is 76.5 Å². The van der Waals surface area contributed by atoms with Gasteiger partial charge in [0.05, 0.1) is 0 Å². The van der Waals surface area contributed by atoms with Crippen LogP contribution in [0.2, 0.25) is 5.02 Å². The minimum atomic E-state index is -0.663. The van der Waals surface area contributed by atoms with Crippen molar-refractivity contribution in [1.29, 1.82) is 0 Å². The zero-order valence-electron chi connectivity index (χ0n) is 13.8. The first-order valence-corrected chi connectivity index (χ1v) is 9.26. The molecule has 0 bridgehead atoms. The maximum atomic E-state index is 12.2. The molecule has 4 aromatic rings. The smallest absolute Gasteiger partial charge is 0.358 e. The Morgan fingerprint density at radius 3 is 2.78 bits per heavy atom. The van der Waals surface area contributed by atoms with Gasteiger partial charge in [0.15, 0.2) is 18.1 Å². The van der Waals surface area contributed by atoms with Crippen molar-refractivity contribution in [3.8, 4) is 10.6 Å². The number of furan rings is 1. The molecule has 0 saturated heterocycles. The summed E-state index contributed by atoms with van der Waals surface area (Å²) in [5.41, 5.74) is 1.56. The van der Waals surface area contributed by atoms with E-state index in [2.05, 4.69) is 4.98 Å². The average molecular weight is 398 g/mol. The molecule has 2 heterocycles. The number of ether oxygens (including phenoxy) is 1. The molecule has 0 aliphatic carbocycles. The predicted octanol–water partition coefficient (Wildman–Crippen LogP) is 5.25. The number of aromatic nitrogens is 1. The number of halogens is 1. The Hall–Kier alpha value is -2.96. The molecule has 0 radical (unpaired) electrons. The molecule has 0 spiro atoms. The second-order valence-electron chi connectivity index (χ2n) is 5.70. The maximum absolute atomic E-state index is 12.2. The van der Waals surface area contributed by atoms with Gasteiger partial charge in [-0.2, -0.15) is 0 Å². The number of rotatable bonds is 5. The molecule has 0 aliphatic rings. The zero-order valence-corrected chi connectivity index (χ0v) is 15.4. The topological polar surface area (TPSA) is 69.4 Å². The molecular formula is C20H12ClNO4S. The van der Waals surface area contributed by atoms with Gasteiger partial charge in [-0.1, -0.05) is 41.9 Å². The van der Waals surface area contributed by atoms with Crippen molar-refractivity contribution in [2.24, 2.45) is 0 Å². The van der Waals surface area contributed by atoms with Crippen molar-refractivity contribution in [3.63, 3.8) is 0 Å². The Labute approximate surface area is 163 Å². The van der Waals surface area contributed by atoms with E-state index in [9.17, 15) is 9.59 Å². The molecule has 0 saturated carbocycles. The van der Waals surface area contributed by atoms with Gasteiger partial charge in [0, 0.05) is 21.4 Å². The van der Waals surface area contributed by atoms with Crippen LogP contribution in [0.15, 0.2) is 64.4 Å². The number of ketones is 1. The van der Waals surface area contributed by atoms with E-state index in [-0.39, 0.29) is 11.5 Å². The molecule has 2 aromatic carbocycles. The number of benzene rings is 2. The highest BCUT2D eigenvalue weighted by atomic mass is 35.5. The van der Waals surface area contributed by atoms with Crippen LogP contribution in [0.25, 0.3) is 21.5 Å². The largest absolute Gasteiger partial charge is 0.453 e. The monoisotopic (exact) mass is 397 g/mol. The number of carbonyl (C=O) groups excluding carboxylic acids is 2. The van der Waals surface area contributed by atoms with Gasteiger partial charge in [0.2, 0.25) is 5.78 Å². The summed E-state index contributed by atoms with van der Waals surface area (Å²) in [4.78, 5) is 28.6. The van der Waals surface area contributed by atoms with Crippen molar-refractivity contribution in [2.45, 2.75) is 0 Å². The lowest BCUT2D eigenvalue weighted by molar-refractivity contribution is 0.0463. The van der Waals surface area contributed by atoms with Crippen molar-refractivity contribution < 1.29 is 18.7 Å². The first kappa shape index (κ1) is 17.5. The normalized spacial score (nSPS) is 10.9. The van der Waals surface area contributed by atoms with Gasteiger partial charge in [-0.25, -0.2) is 9.78 Å². The third-order valence-electron chi connectivity index (χ3n) is 3.82. The van der Waals surface area contributed by atoms with Gasteiger partial charge in [-0.05, 0) is 24.3 Å². The van der Waals surface area contributed by atoms with Gasteiger partial charge in [0.25, 0.3) is 0 Å². The Bertz CT molecular complexity index is 1110. The van der Waals surface area contributed by atoms with Crippen LogP contribution >= 0.6 is 22.9 Å². The number of thiazole rings is 1. The highest BCUT2D eigenvalue weighted by molar-refractivity contribution is 7.13. The number of hydrogen-bond acceptors (Lipinski definition) is 6. The second-order valence-corrected chi connectivity index (χ2v) is 6.99. The van der Waals surface area contributed by atoms with Gasteiger partial charge in [0.1, 0.15) is 10.6 Å². The summed E-state index contributed by atoms with van der Waals surface area (Å²) >= 11 is 7.27. The fourth-order valence-electron chi connectivity index (χ4n) is 2.52. The predicted molar refractivity (Wildman–Crippen MR) is 103 cm³/mol. The van der Waals surface area contributed by atoms with Crippen LogP contribution in [0.5, 0.6) is 0 Å². The quantitative estimate of drug-likeness (QED) is 0.340. The summed E-state index contributed by atoms with van der Waals surface area (Å²) in [6.45, 7) is -0.414. The lowest BCUT2D eigenvalue weighted by Crippen LogP contribution is -2.14. The van der Waals surface area contributed by atoms with E-state index in [0.717, 1.165) is 10.9 Å². The Morgan fingerprint density at radius 1 is 1.11 bits per heavy atom. The third kappa shape index (κ3) is 3.77. The van der Waals surface area contributed by atoms with Crippen LogP contribution in [0.3, 0.4) is 0 Å². The van der Waals surface area contributed by atoms with Crippen LogP contribution in [0, 0.1) is 0 Å². The third-order valence-corrected chi connectivity index (χ3v) is 4.95. The van der Waals surface area contributed by atoms with E-state index in [4.69, 9.17) is 20.8 Å². The number of hydrogen-bond donors (Lipinski definition) is 0. The molecule has 134 valence electrons. The second kappa shape index (κ2) is 7.34. The van der Waals surface area contributed by atoms with Gasteiger partial charge >= 0.3 is 5.97 Å². The summed E-state index contributed by atoms with van der Waals surface area (Å²) in [6, 6.07) is 16.1. The van der Waals surface area contributed by atoms with Crippen molar-refractivity contribution >= 4 is 45.7 Å². The van der Waals surface area contributed by atoms with E-state index in [0.29, 0.717) is 15.6 Å². The van der Waals surface area contributed by atoms with Crippen LogP contribution in [-0.2, 0) is 4.74 Å². The molecule has 0 fully saturated rings. The molecule has 27 heavy (non-hydrogen) atoms. The molecule has 7 heteroatoms.